The molecule has 0 radical (unpaired) electrons. The van der Waals surface area contributed by atoms with Gasteiger partial charge < -0.3 is 19.5 Å². The molecule has 0 aliphatic carbocycles. The second-order valence-corrected chi connectivity index (χ2v) is 7.75. The van der Waals surface area contributed by atoms with Gasteiger partial charge in [-0.05, 0) is 17.7 Å². The summed E-state index contributed by atoms with van der Waals surface area (Å²) in [7, 11) is 1.70. The third kappa shape index (κ3) is 8.21. The molecule has 1 fully saturated rings. The van der Waals surface area contributed by atoms with Gasteiger partial charge in [-0.25, -0.2) is 0 Å². The SMILES string of the molecule is CCc1nncn1CCNC(=NCCOC)N1CCN(Cc2ccc(Cl)cc2)CC1.I. The van der Waals surface area contributed by atoms with E-state index in [2.05, 4.69) is 48.9 Å². The van der Waals surface area contributed by atoms with Crippen LogP contribution in [0.15, 0.2) is 35.6 Å². The summed E-state index contributed by atoms with van der Waals surface area (Å²) < 4.78 is 7.26. The smallest absolute Gasteiger partial charge is 0.194 e. The molecule has 10 heteroatoms. The lowest BCUT2D eigenvalue weighted by molar-refractivity contribution is 0.171. The van der Waals surface area contributed by atoms with Crippen molar-refractivity contribution < 1.29 is 4.74 Å². The van der Waals surface area contributed by atoms with Crippen molar-refractivity contribution in [2.75, 3.05) is 53.0 Å². The van der Waals surface area contributed by atoms with Gasteiger partial charge in [0.15, 0.2) is 5.96 Å². The normalized spacial score (nSPS) is 15.1. The summed E-state index contributed by atoms with van der Waals surface area (Å²) in [5.74, 6) is 1.95. The van der Waals surface area contributed by atoms with Crippen molar-refractivity contribution >= 4 is 41.5 Å². The number of hydrogen-bond acceptors (Lipinski definition) is 5. The number of nitrogens with one attached hydrogen (secondary N) is 1. The molecule has 31 heavy (non-hydrogen) atoms. The van der Waals surface area contributed by atoms with E-state index in [1.807, 2.05) is 12.1 Å². The fourth-order valence-electron chi connectivity index (χ4n) is 3.50. The van der Waals surface area contributed by atoms with Crippen molar-refractivity contribution in [3.8, 4) is 0 Å². The third-order valence-corrected chi connectivity index (χ3v) is 5.45. The minimum Gasteiger partial charge on any atom is -0.383 e. The van der Waals surface area contributed by atoms with Crippen LogP contribution in [0.3, 0.4) is 0 Å². The highest BCUT2D eigenvalue weighted by atomic mass is 127. The molecule has 1 saturated heterocycles. The van der Waals surface area contributed by atoms with Crippen molar-refractivity contribution in [1.29, 1.82) is 0 Å². The van der Waals surface area contributed by atoms with E-state index in [0.717, 1.165) is 69.0 Å². The van der Waals surface area contributed by atoms with Gasteiger partial charge in [-0.1, -0.05) is 30.7 Å². The van der Waals surface area contributed by atoms with Crippen molar-refractivity contribution in [3.05, 3.63) is 47.0 Å². The zero-order valence-corrected chi connectivity index (χ0v) is 21.4. The van der Waals surface area contributed by atoms with Crippen LogP contribution in [0.25, 0.3) is 0 Å². The van der Waals surface area contributed by atoms with Crippen LogP contribution in [-0.2, 0) is 24.2 Å². The molecule has 0 atom stereocenters. The highest BCUT2D eigenvalue weighted by Gasteiger charge is 2.20. The number of aliphatic imine (C=N–C) groups is 1. The third-order valence-electron chi connectivity index (χ3n) is 5.20. The molecule has 0 bridgehead atoms. The molecule has 8 nitrogen and oxygen atoms in total. The van der Waals surface area contributed by atoms with E-state index in [1.54, 1.807) is 13.4 Å². The maximum Gasteiger partial charge on any atom is 0.194 e. The Morgan fingerprint density at radius 3 is 2.61 bits per heavy atom. The molecule has 1 N–H and O–H groups in total. The zero-order chi connectivity index (χ0) is 21.2. The Hall–Kier alpha value is -1.43. The average Bonchev–Trinajstić information content (AvgIpc) is 3.22. The summed E-state index contributed by atoms with van der Waals surface area (Å²) in [5, 5.41) is 12.5. The van der Waals surface area contributed by atoms with E-state index < -0.39 is 0 Å². The maximum atomic E-state index is 5.99. The predicted molar refractivity (Wildman–Crippen MR) is 135 cm³/mol. The Balaban J connectivity index is 0.00000341. The van der Waals surface area contributed by atoms with E-state index in [-0.39, 0.29) is 24.0 Å². The quantitative estimate of drug-likeness (QED) is 0.220. The zero-order valence-electron chi connectivity index (χ0n) is 18.3. The van der Waals surface area contributed by atoms with Crippen molar-refractivity contribution in [1.82, 2.24) is 29.9 Å². The highest BCUT2D eigenvalue weighted by Crippen LogP contribution is 2.13. The fourth-order valence-corrected chi connectivity index (χ4v) is 3.63. The second-order valence-electron chi connectivity index (χ2n) is 7.31. The molecule has 1 aliphatic rings. The summed E-state index contributed by atoms with van der Waals surface area (Å²) in [4.78, 5) is 9.55. The summed E-state index contributed by atoms with van der Waals surface area (Å²) in [6.45, 7) is 9.79. The lowest BCUT2D eigenvalue weighted by Gasteiger charge is -2.36. The second kappa shape index (κ2) is 13.9. The van der Waals surface area contributed by atoms with Crippen LogP contribution in [0, 0.1) is 0 Å². The van der Waals surface area contributed by atoms with E-state index in [0.29, 0.717) is 13.2 Å². The molecule has 0 saturated carbocycles. The van der Waals surface area contributed by atoms with Crippen LogP contribution in [0.1, 0.15) is 18.3 Å². The number of guanidine groups is 1. The van der Waals surface area contributed by atoms with Crippen molar-refractivity contribution in [2.24, 2.45) is 4.99 Å². The topological polar surface area (TPSA) is 70.8 Å². The summed E-state index contributed by atoms with van der Waals surface area (Å²) >= 11 is 5.99. The van der Waals surface area contributed by atoms with Gasteiger partial charge in [0.1, 0.15) is 12.2 Å². The molecule has 0 amide bonds. The molecule has 1 aromatic heterocycles. The van der Waals surface area contributed by atoms with Crippen LogP contribution in [0.2, 0.25) is 5.02 Å². The number of benzene rings is 1. The number of piperazine rings is 1. The first-order chi connectivity index (χ1) is 14.7. The van der Waals surface area contributed by atoms with Gasteiger partial charge in [-0.15, -0.1) is 34.2 Å². The van der Waals surface area contributed by atoms with Crippen molar-refractivity contribution in [2.45, 2.75) is 26.4 Å². The number of methoxy groups -OCH3 is 1. The standard InChI is InChI=1S/C21H32ClN7O.HI/c1-3-20-26-25-17-29(20)10-8-23-21(24-9-15-30-2)28-13-11-27(12-14-28)16-18-4-6-19(22)7-5-18;/h4-7,17H,3,8-16H2,1-2H3,(H,23,24);1H. The lowest BCUT2D eigenvalue weighted by atomic mass is 10.2. The predicted octanol–water partition coefficient (Wildman–Crippen LogP) is 2.52. The van der Waals surface area contributed by atoms with Crippen molar-refractivity contribution in [3.63, 3.8) is 0 Å². The number of halogens is 2. The first kappa shape index (κ1) is 25.8. The van der Waals surface area contributed by atoms with E-state index in [9.17, 15) is 0 Å². The number of hydrogen-bond donors (Lipinski definition) is 1. The fraction of sp³-hybridized carbons (Fsp3) is 0.571. The number of ether oxygens (including phenoxy) is 1. The Morgan fingerprint density at radius 1 is 1.19 bits per heavy atom. The molecule has 0 unspecified atom stereocenters. The summed E-state index contributed by atoms with van der Waals surface area (Å²) in [6.07, 6.45) is 2.67. The van der Waals surface area contributed by atoms with E-state index >= 15 is 0 Å². The Morgan fingerprint density at radius 2 is 1.94 bits per heavy atom. The van der Waals surface area contributed by atoms with Gasteiger partial charge in [-0.3, -0.25) is 9.89 Å². The van der Waals surface area contributed by atoms with Gasteiger partial charge in [0.2, 0.25) is 0 Å². The number of aromatic nitrogens is 3. The molecule has 2 aromatic rings. The molecular formula is C21H33ClIN7O. The summed E-state index contributed by atoms with van der Waals surface area (Å²) in [6, 6.07) is 8.11. The molecule has 1 aliphatic heterocycles. The molecule has 0 spiro atoms. The highest BCUT2D eigenvalue weighted by molar-refractivity contribution is 14.0. The van der Waals surface area contributed by atoms with E-state index in [4.69, 9.17) is 21.3 Å². The number of rotatable bonds is 9. The maximum absolute atomic E-state index is 5.99. The number of aryl methyl sites for hydroxylation is 1. The van der Waals surface area contributed by atoms with Crippen LogP contribution in [-0.4, -0.2) is 83.5 Å². The van der Waals surface area contributed by atoms with Gasteiger partial charge in [-0.2, -0.15) is 0 Å². The van der Waals surface area contributed by atoms with Crippen LogP contribution >= 0.6 is 35.6 Å². The minimum atomic E-state index is 0. The van der Waals surface area contributed by atoms with Crippen LogP contribution in [0.5, 0.6) is 0 Å². The largest absolute Gasteiger partial charge is 0.383 e. The molecule has 1 aromatic carbocycles. The molecule has 2 heterocycles. The van der Waals surface area contributed by atoms with Gasteiger partial charge in [0, 0.05) is 64.4 Å². The average molecular weight is 562 g/mol. The van der Waals surface area contributed by atoms with Gasteiger partial charge in [0.25, 0.3) is 0 Å². The first-order valence-corrected chi connectivity index (χ1v) is 10.9. The molecule has 3 rings (SSSR count). The minimum absolute atomic E-state index is 0. The van der Waals surface area contributed by atoms with E-state index in [1.165, 1.54) is 5.56 Å². The number of nitrogens with zero attached hydrogens (tertiary/aromatic N) is 6. The summed E-state index contributed by atoms with van der Waals surface area (Å²) in [5.41, 5.74) is 1.29. The molecular weight excluding hydrogens is 529 g/mol. The van der Waals surface area contributed by atoms with Gasteiger partial charge >= 0.3 is 0 Å². The van der Waals surface area contributed by atoms with Crippen LogP contribution in [0.4, 0.5) is 0 Å². The van der Waals surface area contributed by atoms with Gasteiger partial charge in [0.05, 0.1) is 13.2 Å². The Bertz CT molecular complexity index is 791. The molecule has 172 valence electrons. The van der Waals surface area contributed by atoms with Crippen LogP contribution < -0.4 is 5.32 Å². The Labute approximate surface area is 207 Å². The first-order valence-electron chi connectivity index (χ1n) is 10.5. The monoisotopic (exact) mass is 561 g/mol. The Kier molecular flexibility index (Phi) is 11.6. The lowest BCUT2D eigenvalue weighted by Crippen LogP contribution is -2.52.